The lowest BCUT2D eigenvalue weighted by molar-refractivity contribution is -0.476. The van der Waals surface area contributed by atoms with Gasteiger partial charge in [0.05, 0.1) is 13.2 Å². The predicted octanol–water partition coefficient (Wildman–Crippen LogP) is 9.49. The van der Waals surface area contributed by atoms with Crippen LogP contribution in [0.25, 0.3) is 0 Å². The molecule has 0 radical (unpaired) electrons. The molecule has 0 aromatic rings. The van der Waals surface area contributed by atoms with Gasteiger partial charge in [-0.2, -0.15) is 119 Å². The highest BCUT2D eigenvalue weighted by molar-refractivity contribution is 4.88. The molecule has 0 N–H and O–H groups in total. The Hall–Kier alpha value is -2.34. The normalized spacial score (nSPS) is 18.1. The molecule has 3 unspecified atom stereocenters. The first-order chi connectivity index (χ1) is 23.2. The van der Waals surface area contributed by atoms with Gasteiger partial charge in [-0.15, -0.1) is 0 Å². The smallest absolute Gasteiger partial charge is 0.313 e. The van der Waals surface area contributed by atoms with Crippen LogP contribution in [-0.4, -0.2) is 111 Å². The summed E-state index contributed by atoms with van der Waals surface area (Å²) in [4.78, 5) is 0. The summed E-state index contributed by atoms with van der Waals surface area (Å²) >= 11 is 0. The Bertz CT molecular complexity index is 1150. The standard InChI is InChI=1S/C18H8F30O6/c19-4(52-16(43,44)10(28,29)13(34,35)36)7(22,23)49-1-3(51-9(26,27)6(21)54-18(47,48)12(32,33)15(40,41)42)2-50-8(24,25)5(20)53-17(45,46)11(30,31)14(37,38)39/h3-6H,1-2H2. The number of halogens is 30. The van der Waals surface area contributed by atoms with Crippen LogP contribution in [0.5, 0.6) is 0 Å². The molecule has 0 heterocycles. The minimum Gasteiger partial charge on any atom is -0.313 e. The fraction of sp³-hybridized carbons (Fsp3) is 1.00. The zero-order valence-electron chi connectivity index (χ0n) is 23.5. The maximum Gasteiger partial charge on any atom is 0.462 e. The second-order valence-corrected chi connectivity index (χ2v) is 9.12. The van der Waals surface area contributed by atoms with E-state index >= 15 is 0 Å². The molecule has 0 aliphatic carbocycles. The van der Waals surface area contributed by atoms with Crippen molar-refractivity contribution in [2.45, 2.75) is 98.1 Å². The van der Waals surface area contributed by atoms with E-state index in [9.17, 15) is 132 Å². The predicted molar refractivity (Wildman–Crippen MR) is 97.4 cm³/mol. The van der Waals surface area contributed by atoms with Crippen molar-refractivity contribution in [3.05, 3.63) is 0 Å². The highest BCUT2D eigenvalue weighted by Gasteiger charge is 2.78. The molecular weight excluding hydrogens is 882 g/mol. The molecule has 0 saturated carbocycles. The highest BCUT2D eigenvalue weighted by Crippen LogP contribution is 2.51. The van der Waals surface area contributed by atoms with Crippen LogP contribution < -0.4 is 0 Å². The van der Waals surface area contributed by atoms with Crippen molar-refractivity contribution < 1.29 is 160 Å². The SMILES string of the molecule is FC(OC(F)(F)C(F)(F)C(F)(F)F)C(F)(F)OCC(COC(F)(F)C(F)OC(F)(F)C(F)(F)C(F)(F)F)OC(F)(F)C(F)OC(F)(F)C(F)(F)C(F)(F)F. The van der Waals surface area contributed by atoms with Crippen molar-refractivity contribution in [1.29, 1.82) is 0 Å². The van der Waals surface area contributed by atoms with Gasteiger partial charge in [-0.1, -0.05) is 0 Å². The van der Waals surface area contributed by atoms with Crippen LogP contribution in [0.15, 0.2) is 0 Å². The lowest BCUT2D eigenvalue weighted by atomic mass is 10.3. The monoisotopic (exact) mass is 890 g/mol. The summed E-state index contributed by atoms with van der Waals surface area (Å²) in [5.74, 6) is -22.9. The molecule has 0 fully saturated rings. The maximum atomic E-state index is 13.9. The Morgan fingerprint density at radius 2 is 0.500 bits per heavy atom. The Balaban J connectivity index is 6.53. The molecule has 36 heteroatoms. The first-order valence-electron chi connectivity index (χ1n) is 11.7. The number of ether oxygens (including phenoxy) is 6. The Morgan fingerprint density at radius 1 is 0.296 bits per heavy atom. The lowest BCUT2D eigenvalue weighted by Crippen LogP contribution is -2.57. The molecule has 6 nitrogen and oxygen atoms in total. The van der Waals surface area contributed by atoms with Crippen LogP contribution in [0.4, 0.5) is 132 Å². The van der Waals surface area contributed by atoms with Gasteiger partial charge in [0.15, 0.2) is 0 Å². The summed E-state index contributed by atoms with van der Waals surface area (Å²) < 4.78 is 401. The topological polar surface area (TPSA) is 55.4 Å². The van der Waals surface area contributed by atoms with Crippen molar-refractivity contribution in [2.24, 2.45) is 0 Å². The van der Waals surface area contributed by atoms with Crippen molar-refractivity contribution in [1.82, 2.24) is 0 Å². The average molecular weight is 890 g/mol. The van der Waals surface area contributed by atoms with E-state index in [0.717, 1.165) is 0 Å². The quantitative estimate of drug-likeness (QED) is 0.114. The minimum absolute atomic E-state index is 1.81. The summed E-state index contributed by atoms with van der Waals surface area (Å²) in [6.07, 6.45) is -86.8. The molecule has 0 spiro atoms. The third-order valence-electron chi connectivity index (χ3n) is 4.96. The van der Waals surface area contributed by atoms with Crippen molar-refractivity contribution in [3.63, 3.8) is 0 Å². The van der Waals surface area contributed by atoms with Crippen molar-refractivity contribution >= 4 is 0 Å². The summed E-state index contributed by atoms with van der Waals surface area (Å²) in [6.45, 7) is -6.71. The third-order valence-corrected chi connectivity index (χ3v) is 4.96. The fourth-order valence-corrected chi connectivity index (χ4v) is 2.24. The average Bonchev–Trinajstić information content (AvgIpc) is 2.91. The zero-order valence-corrected chi connectivity index (χ0v) is 23.5. The molecule has 0 aliphatic rings. The summed E-state index contributed by atoms with van der Waals surface area (Å²) in [5.41, 5.74) is 0. The van der Waals surface area contributed by atoms with Gasteiger partial charge in [-0.05, 0) is 0 Å². The van der Waals surface area contributed by atoms with E-state index in [1.54, 1.807) is 0 Å². The Kier molecular flexibility index (Phi) is 14.9. The van der Waals surface area contributed by atoms with Crippen LogP contribution in [0.2, 0.25) is 0 Å². The molecule has 3 atom stereocenters. The van der Waals surface area contributed by atoms with Gasteiger partial charge < -0.3 is 14.2 Å². The summed E-state index contributed by atoms with van der Waals surface area (Å²) in [7, 11) is 0. The maximum absolute atomic E-state index is 13.9. The molecule has 0 aromatic heterocycles. The molecule has 0 saturated heterocycles. The van der Waals surface area contributed by atoms with Crippen molar-refractivity contribution in [2.75, 3.05) is 13.2 Å². The second-order valence-electron chi connectivity index (χ2n) is 9.12. The number of alkyl halides is 30. The van der Waals surface area contributed by atoms with Gasteiger partial charge in [0.2, 0.25) is 0 Å². The van der Waals surface area contributed by atoms with E-state index in [0.29, 0.717) is 0 Å². The zero-order chi connectivity index (χ0) is 44.0. The van der Waals surface area contributed by atoms with Crippen LogP contribution in [0, 0.1) is 0 Å². The van der Waals surface area contributed by atoms with E-state index in [2.05, 4.69) is 14.2 Å². The van der Waals surface area contributed by atoms with Gasteiger partial charge in [-0.25, -0.2) is 13.2 Å². The van der Waals surface area contributed by atoms with Crippen LogP contribution in [0.3, 0.4) is 0 Å². The minimum atomic E-state index is -7.67. The van der Waals surface area contributed by atoms with E-state index in [-0.39, 0.29) is 0 Å². The number of hydrogen-bond donors (Lipinski definition) is 0. The third kappa shape index (κ3) is 11.4. The molecule has 0 bridgehead atoms. The second kappa shape index (κ2) is 15.5. The largest absolute Gasteiger partial charge is 0.462 e. The molecular formula is C18H8F30O6. The fourth-order valence-electron chi connectivity index (χ4n) is 2.24. The van der Waals surface area contributed by atoms with E-state index in [1.807, 2.05) is 14.2 Å². The molecule has 0 rings (SSSR count). The van der Waals surface area contributed by atoms with Crippen LogP contribution >= 0.6 is 0 Å². The van der Waals surface area contributed by atoms with Crippen LogP contribution in [0.1, 0.15) is 0 Å². The molecule has 0 aliphatic heterocycles. The molecule has 0 amide bonds. The Morgan fingerprint density at radius 3 is 0.704 bits per heavy atom. The van der Waals surface area contributed by atoms with Gasteiger partial charge >= 0.3 is 72.9 Å². The van der Waals surface area contributed by atoms with E-state index in [1.165, 1.54) is 0 Å². The first kappa shape index (κ1) is 51.7. The molecule has 0 aromatic carbocycles. The first-order valence-corrected chi connectivity index (χ1v) is 11.7. The van der Waals surface area contributed by atoms with Crippen molar-refractivity contribution in [3.8, 4) is 0 Å². The molecule has 54 heavy (non-hydrogen) atoms. The Labute approximate surface area is 273 Å². The summed E-state index contributed by atoms with van der Waals surface area (Å²) in [5, 5.41) is 0. The highest BCUT2D eigenvalue weighted by atomic mass is 19.4. The summed E-state index contributed by atoms with van der Waals surface area (Å²) in [6, 6.07) is 0. The number of hydrogen-bond acceptors (Lipinski definition) is 6. The lowest BCUT2D eigenvalue weighted by Gasteiger charge is -2.33. The van der Waals surface area contributed by atoms with Gasteiger partial charge in [0.25, 0.3) is 19.1 Å². The van der Waals surface area contributed by atoms with Gasteiger partial charge in [-0.3, -0.25) is 14.2 Å². The van der Waals surface area contributed by atoms with Crippen LogP contribution in [-0.2, 0) is 28.4 Å². The van der Waals surface area contributed by atoms with Gasteiger partial charge in [0.1, 0.15) is 6.10 Å². The number of rotatable bonds is 20. The van der Waals surface area contributed by atoms with E-state index < -0.39 is 111 Å². The van der Waals surface area contributed by atoms with E-state index in [4.69, 9.17) is 0 Å². The molecule has 326 valence electrons. The van der Waals surface area contributed by atoms with Gasteiger partial charge in [0, 0.05) is 0 Å².